The number of halogens is 1. The number of rotatable bonds is 2. The minimum Gasteiger partial charge on any atom is -0.393 e. The van der Waals surface area contributed by atoms with E-state index in [1.807, 2.05) is 0 Å². The average Bonchev–Trinajstić information content (AvgIpc) is 2.96. The number of hydrogen-bond donors (Lipinski definition) is 1. The van der Waals surface area contributed by atoms with Gasteiger partial charge in [0.2, 0.25) is 0 Å². The molecular weight excluding hydrogens is 352 g/mol. The molecule has 1 N–H and O–H groups in total. The van der Waals surface area contributed by atoms with E-state index in [9.17, 15) is 5.11 Å². The Morgan fingerprint density at radius 1 is 1.11 bits per heavy atom. The first-order chi connectivity index (χ1) is 12.7. The van der Waals surface area contributed by atoms with E-state index in [0.717, 1.165) is 12.8 Å². The van der Waals surface area contributed by atoms with Gasteiger partial charge in [-0.15, -0.1) is 0 Å². The minimum absolute atomic E-state index is 0.0263. The van der Waals surface area contributed by atoms with Gasteiger partial charge in [0.1, 0.15) is 0 Å². The van der Waals surface area contributed by atoms with Gasteiger partial charge < -0.3 is 5.11 Å². The molecule has 2 heteroatoms. The highest BCUT2D eigenvalue weighted by Crippen LogP contribution is 2.66. The van der Waals surface area contributed by atoms with Crippen molar-refractivity contribution >= 4 is 11.6 Å². The Morgan fingerprint density at radius 3 is 2.56 bits per heavy atom. The molecule has 1 nitrogen and oxygen atoms in total. The third-order valence-corrected chi connectivity index (χ3v) is 9.59. The second kappa shape index (κ2) is 6.49. The fourth-order valence-corrected chi connectivity index (χ4v) is 7.99. The molecule has 150 valence electrons. The molecule has 1 saturated carbocycles. The van der Waals surface area contributed by atoms with E-state index in [-0.39, 0.29) is 16.9 Å². The zero-order valence-corrected chi connectivity index (χ0v) is 18.6. The summed E-state index contributed by atoms with van der Waals surface area (Å²) in [7, 11) is 0. The molecule has 6 atom stereocenters. The van der Waals surface area contributed by atoms with Crippen molar-refractivity contribution in [3.8, 4) is 0 Å². The fourth-order valence-electron chi connectivity index (χ4n) is 7.76. The maximum Gasteiger partial charge on any atom is 0.0594 e. The van der Waals surface area contributed by atoms with Gasteiger partial charge in [-0.05, 0) is 90.1 Å². The van der Waals surface area contributed by atoms with E-state index in [2.05, 4.69) is 46.8 Å². The Kier molecular flexibility index (Phi) is 4.75. The van der Waals surface area contributed by atoms with E-state index < -0.39 is 0 Å². The summed E-state index contributed by atoms with van der Waals surface area (Å²) in [6.45, 7) is 12.0. The largest absolute Gasteiger partial charge is 0.393 e. The third kappa shape index (κ3) is 2.67. The number of hydrogen-bond acceptors (Lipinski definition) is 1. The van der Waals surface area contributed by atoms with Gasteiger partial charge >= 0.3 is 0 Å². The van der Waals surface area contributed by atoms with Crippen molar-refractivity contribution in [2.24, 2.45) is 34.0 Å². The van der Waals surface area contributed by atoms with E-state index >= 15 is 0 Å². The van der Waals surface area contributed by atoms with Crippen molar-refractivity contribution in [3.05, 3.63) is 34.4 Å². The lowest BCUT2D eigenvalue weighted by Gasteiger charge is -2.59. The maximum atomic E-state index is 10.7. The molecule has 0 spiro atoms. The second-order valence-corrected chi connectivity index (χ2v) is 11.1. The van der Waals surface area contributed by atoms with Crippen LogP contribution in [0.25, 0.3) is 0 Å². The van der Waals surface area contributed by atoms with Crippen LogP contribution in [0.1, 0.15) is 79.6 Å². The van der Waals surface area contributed by atoms with Crippen LogP contribution in [0.15, 0.2) is 34.4 Å². The molecule has 0 radical (unpaired) electrons. The van der Waals surface area contributed by atoms with Gasteiger partial charge in [0.15, 0.2) is 0 Å². The molecule has 4 aliphatic rings. The summed E-state index contributed by atoms with van der Waals surface area (Å²) >= 11 is 5.91. The first-order valence-corrected chi connectivity index (χ1v) is 11.5. The Morgan fingerprint density at radius 2 is 1.85 bits per heavy atom. The summed E-state index contributed by atoms with van der Waals surface area (Å²) in [6.07, 6.45) is 12.9. The number of fused-ring (bicyclic) bond motifs is 4. The first-order valence-electron chi connectivity index (χ1n) is 11.0. The molecule has 4 rings (SSSR count). The van der Waals surface area contributed by atoms with Gasteiger partial charge in [-0.1, -0.05) is 63.9 Å². The van der Waals surface area contributed by atoms with Crippen molar-refractivity contribution < 1.29 is 5.11 Å². The Hall–Kier alpha value is -0.530. The van der Waals surface area contributed by atoms with Crippen LogP contribution >= 0.6 is 11.6 Å². The highest BCUT2D eigenvalue weighted by molar-refractivity contribution is 6.25. The predicted molar refractivity (Wildman–Crippen MR) is 115 cm³/mol. The normalized spacial score (nSPS) is 44.6. The zero-order valence-electron chi connectivity index (χ0n) is 17.8. The van der Waals surface area contributed by atoms with Crippen molar-refractivity contribution in [3.63, 3.8) is 0 Å². The first kappa shape index (κ1) is 19.8. The highest BCUT2D eigenvalue weighted by Gasteiger charge is 2.57. The van der Waals surface area contributed by atoms with Crippen molar-refractivity contribution in [1.29, 1.82) is 0 Å². The van der Waals surface area contributed by atoms with Gasteiger partial charge in [0, 0.05) is 5.54 Å². The van der Waals surface area contributed by atoms with Gasteiger partial charge in [0.05, 0.1) is 6.10 Å². The number of aliphatic hydroxyl groups is 1. The van der Waals surface area contributed by atoms with Gasteiger partial charge in [-0.2, -0.15) is 0 Å². The zero-order chi connectivity index (χ0) is 19.6. The molecule has 0 bridgehead atoms. The maximum absolute atomic E-state index is 10.7. The van der Waals surface area contributed by atoms with Crippen LogP contribution in [0.3, 0.4) is 0 Å². The highest BCUT2D eigenvalue weighted by atomic mass is 35.5. The summed E-state index contributed by atoms with van der Waals surface area (Å²) in [5.74, 6) is 1.80. The predicted octanol–water partition coefficient (Wildman–Crippen LogP) is 7.02. The average molecular weight is 389 g/mol. The number of aliphatic hydroxyl groups excluding tert-OH is 1. The van der Waals surface area contributed by atoms with Crippen molar-refractivity contribution in [2.45, 2.75) is 85.7 Å². The second-order valence-electron chi connectivity index (χ2n) is 10.9. The quantitative estimate of drug-likeness (QED) is 0.539. The number of allylic oxidation sites excluding steroid dienone is 5. The Balaban J connectivity index is 1.72. The lowest BCUT2D eigenvalue weighted by molar-refractivity contribution is -0.0904. The Labute approximate surface area is 171 Å². The lowest BCUT2D eigenvalue weighted by Crippen LogP contribution is -2.53. The molecule has 0 aromatic heterocycles. The van der Waals surface area contributed by atoms with E-state index in [0.29, 0.717) is 23.2 Å². The molecule has 0 unspecified atom stereocenters. The molecule has 4 aliphatic carbocycles. The summed E-state index contributed by atoms with van der Waals surface area (Å²) < 4.78 is 0. The molecule has 0 aromatic rings. The lowest BCUT2D eigenvalue weighted by atomic mass is 9.46. The van der Waals surface area contributed by atoms with Crippen LogP contribution in [0, 0.1) is 34.0 Å². The molecular formula is C25H37ClO. The molecule has 27 heavy (non-hydrogen) atoms. The molecule has 0 heterocycles. The fraction of sp³-hybridized carbons (Fsp3) is 0.760. The summed E-state index contributed by atoms with van der Waals surface area (Å²) in [6, 6.07) is 0. The smallest absolute Gasteiger partial charge is 0.0594 e. The molecule has 0 amide bonds. The third-order valence-electron chi connectivity index (χ3n) is 9.44. The molecule has 0 aliphatic heterocycles. The monoisotopic (exact) mass is 388 g/mol. The van der Waals surface area contributed by atoms with Crippen LogP contribution in [-0.4, -0.2) is 11.2 Å². The Bertz CT molecular complexity index is 714. The van der Waals surface area contributed by atoms with Crippen LogP contribution in [0.2, 0.25) is 0 Å². The van der Waals surface area contributed by atoms with E-state index in [1.54, 1.807) is 22.3 Å². The van der Waals surface area contributed by atoms with Crippen LogP contribution in [-0.2, 0) is 0 Å². The minimum atomic E-state index is -0.148. The topological polar surface area (TPSA) is 20.2 Å². The summed E-state index contributed by atoms with van der Waals surface area (Å²) in [4.78, 5) is 0. The van der Waals surface area contributed by atoms with Crippen molar-refractivity contribution in [1.82, 2.24) is 0 Å². The van der Waals surface area contributed by atoms with Crippen LogP contribution in [0.4, 0.5) is 0 Å². The van der Waals surface area contributed by atoms with E-state index in [4.69, 9.17) is 11.6 Å². The SMILES string of the molecule is C[C@H](C=CCl)[C@H]1CC=C2C3=C(CC[C@@]21C)[C@@]1(C)CC[C@H](O)C(C)(C)[C@@H]1CC3. The van der Waals surface area contributed by atoms with Gasteiger partial charge in [-0.3, -0.25) is 0 Å². The van der Waals surface area contributed by atoms with Crippen molar-refractivity contribution in [2.75, 3.05) is 0 Å². The molecule has 0 aromatic carbocycles. The summed E-state index contributed by atoms with van der Waals surface area (Å²) in [5, 5.41) is 10.7. The van der Waals surface area contributed by atoms with E-state index in [1.165, 1.54) is 32.1 Å². The molecule has 0 saturated heterocycles. The standard InChI is InChI=1S/C25H37ClO/c1-16(12-15-26)18-7-8-19-17-6-9-21-23(2,3)22(27)11-14-25(21,5)20(17)10-13-24(18,19)4/h8,12,15-16,18,21-22,27H,6-7,9-11,13-14H2,1-5H3/t16-,18-,21+,22+,24-,25-/m1/s1. The summed E-state index contributed by atoms with van der Waals surface area (Å²) in [5.41, 5.74) is 7.45. The van der Waals surface area contributed by atoms with Crippen LogP contribution in [0.5, 0.6) is 0 Å². The van der Waals surface area contributed by atoms with Crippen LogP contribution < -0.4 is 0 Å². The molecule has 1 fully saturated rings. The van der Waals surface area contributed by atoms with Gasteiger partial charge in [-0.25, -0.2) is 0 Å². The van der Waals surface area contributed by atoms with Gasteiger partial charge in [0.25, 0.3) is 0 Å².